The minimum Gasteiger partial charge on any atom is -0.412 e. The number of amides is 1. The van der Waals surface area contributed by atoms with Crippen LogP contribution < -0.4 is 5.32 Å². The van der Waals surface area contributed by atoms with Crippen LogP contribution in [-0.2, 0) is 0 Å². The Balaban J connectivity index is 1.78. The van der Waals surface area contributed by atoms with Crippen LogP contribution in [0, 0.1) is 6.92 Å². The second-order valence-corrected chi connectivity index (χ2v) is 5.55. The summed E-state index contributed by atoms with van der Waals surface area (Å²) in [7, 11) is 0. The van der Waals surface area contributed by atoms with Gasteiger partial charge in [-0.3, -0.25) is 4.79 Å². The molecule has 6 heteroatoms. The summed E-state index contributed by atoms with van der Waals surface area (Å²) in [5.74, 6) is -0.197. The number of nitrogens with zero attached hydrogens (tertiary/aromatic N) is 2. The van der Waals surface area contributed by atoms with Crippen LogP contribution in [0.3, 0.4) is 0 Å². The predicted molar refractivity (Wildman–Crippen MR) is 86.6 cm³/mol. The highest BCUT2D eigenvalue weighted by Crippen LogP contribution is 2.22. The molecule has 1 N–H and O–H groups in total. The third-order valence-electron chi connectivity index (χ3n) is 3.07. The van der Waals surface area contributed by atoms with Crippen LogP contribution in [-0.4, -0.2) is 16.1 Å². The van der Waals surface area contributed by atoms with Crippen LogP contribution in [0.25, 0.3) is 11.5 Å². The minimum absolute atomic E-state index is 0.0736. The van der Waals surface area contributed by atoms with E-state index >= 15 is 0 Å². The van der Waals surface area contributed by atoms with Crippen LogP contribution in [0.2, 0.25) is 0 Å². The van der Waals surface area contributed by atoms with Gasteiger partial charge >= 0.3 is 11.8 Å². The molecule has 1 aromatic heterocycles. The third kappa shape index (κ3) is 3.07. The average molecular weight is 358 g/mol. The number of rotatable bonds is 3. The first-order chi connectivity index (χ1) is 10.6. The number of halogens is 1. The number of aryl methyl sites for hydroxylation is 1. The van der Waals surface area contributed by atoms with Crippen LogP contribution in [0.1, 0.15) is 16.2 Å². The van der Waals surface area contributed by atoms with E-state index in [1.54, 1.807) is 0 Å². The summed E-state index contributed by atoms with van der Waals surface area (Å²) in [4.78, 5) is 12.1. The first-order valence-electron chi connectivity index (χ1n) is 6.60. The summed E-state index contributed by atoms with van der Waals surface area (Å²) in [6.45, 7) is 1.97. The lowest BCUT2D eigenvalue weighted by Crippen LogP contribution is -2.12. The van der Waals surface area contributed by atoms with Gasteiger partial charge in [-0.25, -0.2) is 0 Å². The van der Waals surface area contributed by atoms with Crippen molar-refractivity contribution in [1.82, 2.24) is 10.2 Å². The first-order valence-corrected chi connectivity index (χ1v) is 7.39. The number of carbonyl (C=O) groups excluding carboxylic acids is 1. The van der Waals surface area contributed by atoms with Gasteiger partial charge in [-0.15, -0.1) is 10.2 Å². The number of anilines is 1. The number of hydrogen-bond donors (Lipinski definition) is 1. The molecule has 0 unspecified atom stereocenters. The molecule has 110 valence electrons. The van der Waals surface area contributed by atoms with E-state index in [0.717, 1.165) is 15.6 Å². The van der Waals surface area contributed by atoms with Crippen molar-refractivity contribution in [3.05, 3.63) is 64.5 Å². The van der Waals surface area contributed by atoms with Crippen molar-refractivity contribution in [2.24, 2.45) is 0 Å². The Morgan fingerprint density at radius 2 is 1.91 bits per heavy atom. The van der Waals surface area contributed by atoms with Crippen LogP contribution in [0.4, 0.5) is 5.69 Å². The molecule has 0 bridgehead atoms. The van der Waals surface area contributed by atoms with Gasteiger partial charge in [-0.2, -0.15) is 0 Å². The molecule has 0 aliphatic rings. The molecule has 2 aromatic carbocycles. The van der Waals surface area contributed by atoms with E-state index < -0.39 is 5.91 Å². The van der Waals surface area contributed by atoms with Gasteiger partial charge < -0.3 is 9.73 Å². The van der Waals surface area contributed by atoms with Crippen molar-refractivity contribution in [2.45, 2.75) is 6.92 Å². The third-order valence-corrected chi connectivity index (χ3v) is 3.92. The summed E-state index contributed by atoms with van der Waals surface area (Å²) in [5, 5.41) is 10.4. The highest BCUT2D eigenvalue weighted by molar-refractivity contribution is 9.10. The SMILES string of the molecule is Cc1ccc(NC(=O)c2nnc(-c3ccccc3)o2)cc1Br. The molecule has 0 radical (unpaired) electrons. The summed E-state index contributed by atoms with van der Waals surface area (Å²) in [5.41, 5.74) is 2.51. The Morgan fingerprint density at radius 1 is 1.14 bits per heavy atom. The topological polar surface area (TPSA) is 68.0 Å². The van der Waals surface area contributed by atoms with Gasteiger partial charge in [-0.05, 0) is 36.8 Å². The molecule has 22 heavy (non-hydrogen) atoms. The summed E-state index contributed by atoms with van der Waals surface area (Å²) in [6, 6.07) is 14.8. The molecule has 0 spiro atoms. The molecule has 0 fully saturated rings. The van der Waals surface area contributed by atoms with Crippen molar-refractivity contribution in [1.29, 1.82) is 0 Å². The fourth-order valence-corrected chi connectivity index (χ4v) is 2.25. The molecular weight excluding hydrogens is 346 g/mol. The van der Waals surface area contributed by atoms with Crippen LogP contribution >= 0.6 is 15.9 Å². The maximum atomic E-state index is 12.1. The van der Waals surface area contributed by atoms with Crippen molar-refractivity contribution < 1.29 is 9.21 Å². The van der Waals surface area contributed by atoms with Crippen molar-refractivity contribution in [3.63, 3.8) is 0 Å². The lowest BCUT2D eigenvalue weighted by Gasteiger charge is -2.04. The Hall–Kier alpha value is -2.47. The Morgan fingerprint density at radius 3 is 2.64 bits per heavy atom. The Labute approximate surface area is 135 Å². The zero-order valence-corrected chi connectivity index (χ0v) is 13.3. The van der Waals surface area contributed by atoms with E-state index in [4.69, 9.17) is 4.42 Å². The van der Waals surface area contributed by atoms with Gasteiger partial charge in [0, 0.05) is 15.7 Å². The Bertz CT molecular complexity index is 815. The molecule has 5 nitrogen and oxygen atoms in total. The summed E-state index contributed by atoms with van der Waals surface area (Å²) < 4.78 is 6.33. The molecule has 3 aromatic rings. The summed E-state index contributed by atoms with van der Waals surface area (Å²) in [6.07, 6.45) is 0. The minimum atomic E-state index is -0.439. The zero-order valence-electron chi connectivity index (χ0n) is 11.7. The fourth-order valence-electron chi connectivity index (χ4n) is 1.87. The van der Waals surface area contributed by atoms with Gasteiger partial charge in [-0.1, -0.05) is 40.2 Å². The largest absolute Gasteiger partial charge is 0.412 e. The highest BCUT2D eigenvalue weighted by atomic mass is 79.9. The highest BCUT2D eigenvalue weighted by Gasteiger charge is 2.16. The average Bonchev–Trinajstić information content (AvgIpc) is 3.02. The zero-order chi connectivity index (χ0) is 15.5. The molecule has 3 rings (SSSR count). The maximum Gasteiger partial charge on any atom is 0.313 e. The number of benzene rings is 2. The van der Waals surface area contributed by atoms with E-state index in [1.807, 2.05) is 55.5 Å². The standard InChI is InChI=1S/C16H12BrN3O2/c1-10-7-8-12(9-13(10)17)18-14(21)16-20-19-15(22-16)11-5-3-2-4-6-11/h2-9H,1H3,(H,18,21). The van der Waals surface area contributed by atoms with Crippen LogP contribution in [0.5, 0.6) is 0 Å². The molecule has 1 amide bonds. The van der Waals surface area contributed by atoms with E-state index in [-0.39, 0.29) is 5.89 Å². The smallest absolute Gasteiger partial charge is 0.313 e. The van der Waals surface area contributed by atoms with Gasteiger partial charge in [0.1, 0.15) is 0 Å². The molecule has 0 aliphatic heterocycles. The van der Waals surface area contributed by atoms with Gasteiger partial charge in [0.2, 0.25) is 5.89 Å². The van der Waals surface area contributed by atoms with E-state index in [0.29, 0.717) is 11.6 Å². The summed E-state index contributed by atoms with van der Waals surface area (Å²) >= 11 is 3.42. The lowest BCUT2D eigenvalue weighted by molar-refractivity contribution is 0.0991. The number of carbonyl (C=O) groups is 1. The van der Waals surface area contributed by atoms with E-state index in [2.05, 4.69) is 31.4 Å². The van der Waals surface area contributed by atoms with Crippen molar-refractivity contribution in [3.8, 4) is 11.5 Å². The van der Waals surface area contributed by atoms with Crippen LogP contribution in [0.15, 0.2) is 57.4 Å². The normalized spacial score (nSPS) is 10.5. The molecule has 0 saturated carbocycles. The van der Waals surface area contributed by atoms with Crippen molar-refractivity contribution >= 4 is 27.5 Å². The molecule has 0 atom stereocenters. The molecule has 1 heterocycles. The first kappa shape index (κ1) is 14.5. The monoisotopic (exact) mass is 357 g/mol. The number of aromatic nitrogens is 2. The molecule has 0 aliphatic carbocycles. The van der Waals surface area contributed by atoms with Crippen molar-refractivity contribution in [2.75, 3.05) is 5.32 Å². The quantitative estimate of drug-likeness (QED) is 0.767. The molecular formula is C16H12BrN3O2. The Kier molecular flexibility index (Phi) is 4.02. The van der Waals surface area contributed by atoms with Gasteiger partial charge in [0.15, 0.2) is 0 Å². The second kappa shape index (κ2) is 6.11. The number of nitrogens with one attached hydrogen (secondary N) is 1. The lowest BCUT2D eigenvalue weighted by atomic mass is 10.2. The predicted octanol–water partition coefficient (Wildman–Crippen LogP) is 4.06. The second-order valence-electron chi connectivity index (χ2n) is 4.70. The van der Waals surface area contributed by atoms with E-state index in [9.17, 15) is 4.79 Å². The van der Waals surface area contributed by atoms with E-state index in [1.165, 1.54) is 0 Å². The van der Waals surface area contributed by atoms with Gasteiger partial charge in [0.25, 0.3) is 0 Å². The number of hydrogen-bond acceptors (Lipinski definition) is 4. The molecule has 0 saturated heterocycles. The fraction of sp³-hybridized carbons (Fsp3) is 0.0625. The van der Waals surface area contributed by atoms with Gasteiger partial charge in [0.05, 0.1) is 0 Å². The maximum absolute atomic E-state index is 12.1.